The highest BCUT2D eigenvalue weighted by atomic mass is 35.5. The number of benzene rings is 3. The fraction of sp³-hybridized carbons (Fsp3) is 0.115. The molecule has 4 rings (SSSR count). The van der Waals surface area contributed by atoms with Crippen LogP contribution < -0.4 is 25.2 Å². The highest BCUT2D eigenvalue weighted by Crippen LogP contribution is 2.37. The number of anilines is 2. The summed E-state index contributed by atoms with van der Waals surface area (Å²) in [6.07, 6.45) is 1.36. The first-order valence-corrected chi connectivity index (χ1v) is 11.0. The zero-order valence-electron chi connectivity index (χ0n) is 19.0. The van der Waals surface area contributed by atoms with Gasteiger partial charge in [-0.2, -0.15) is 0 Å². The number of halogens is 1. The molecule has 1 saturated heterocycles. The molecule has 0 spiro atoms. The molecule has 0 radical (unpaired) electrons. The molecule has 1 aliphatic rings. The summed E-state index contributed by atoms with van der Waals surface area (Å²) in [5.74, 6) is -1.09. The first-order valence-electron chi connectivity index (χ1n) is 10.7. The van der Waals surface area contributed by atoms with Crippen LogP contribution >= 0.6 is 11.6 Å². The Balaban J connectivity index is 1.61. The fourth-order valence-electron chi connectivity index (χ4n) is 3.51. The van der Waals surface area contributed by atoms with Crippen LogP contribution in [0.3, 0.4) is 0 Å². The third-order valence-electron chi connectivity index (χ3n) is 5.24. The minimum absolute atomic E-state index is 0.118. The third kappa shape index (κ3) is 5.28. The van der Waals surface area contributed by atoms with Gasteiger partial charge in [-0.05, 0) is 42.8 Å². The van der Waals surface area contributed by atoms with Crippen molar-refractivity contribution in [3.05, 3.63) is 88.5 Å². The van der Waals surface area contributed by atoms with Gasteiger partial charge in [-0.3, -0.25) is 19.8 Å². The monoisotopic (exact) mass is 491 g/mol. The minimum atomic E-state index is -0.582. The maximum atomic E-state index is 13.0. The second-order valence-corrected chi connectivity index (χ2v) is 8.09. The van der Waals surface area contributed by atoms with Crippen molar-refractivity contribution in [2.75, 3.05) is 24.0 Å². The average Bonchev–Trinajstić information content (AvgIpc) is 3.13. The summed E-state index contributed by atoms with van der Waals surface area (Å²) in [6.45, 7) is 1.55. The Hall–Kier alpha value is -4.30. The van der Waals surface area contributed by atoms with Crippen LogP contribution in [0, 0.1) is 6.92 Å². The molecule has 1 aliphatic heterocycles. The number of amides is 3. The van der Waals surface area contributed by atoms with Gasteiger partial charge in [0.2, 0.25) is 0 Å². The Morgan fingerprint density at radius 1 is 1.09 bits per heavy atom. The number of methoxy groups -OCH3 is 1. The molecule has 178 valence electrons. The lowest BCUT2D eigenvalue weighted by Gasteiger charge is -2.15. The molecule has 1 fully saturated rings. The van der Waals surface area contributed by atoms with Gasteiger partial charge >= 0.3 is 0 Å². The predicted molar refractivity (Wildman–Crippen MR) is 133 cm³/mol. The molecule has 0 atom stereocenters. The molecule has 3 aromatic rings. The molecule has 0 bridgehead atoms. The number of rotatable bonds is 7. The summed E-state index contributed by atoms with van der Waals surface area (Å²) < 4.78 is 11.2. The number of nitrogens with zero attached hydrogens (tertiary/aromatic N) is 1. The largest absolute Gasteiger partial charge is 0.493 e. The van der Waals surface area contributed by atoms with E-state index in [1.807, 2.05) is 25.1 Å². The van der Waals surface area contributed by atoms with Gasteiger partial charge in [-0.15, -0.1) is 0 Å². The predicted octanol–water partition coefficient (Wildman–Crippen LogP) is 4.14. The van der Waals surface area contributed by atoms with Crippen molar-refractivity contribution in [3.63, 3.8) is 0 Å². The van der Waals surface area contributed by atoms with Gasteiger partial charge in [0.25, 0.3) is 17.7 Å². The quantitative estimate of drug-likeness (QED) is 0.382. The molecule has 0 saturated carbocycles. The lowest BCUT2D eigenvalue weighted by Crippen LogP contribution is -2.35. The van der Waals surface area contributed by atoms with Crippen LogP contribution in [-0.2, 0) is 14.4 Å². The van der Waals surface area contributed by atoms with Gasteiger partial charge in [-0.25, -0.2) is 5.01 Å². The Bertz CT molecular complexity index is 1320. The Kier molecular flexibility index (Phi) is 7.03. The van der Waals surface area contributed by atoms with E-state index in [0.717, 1.165) is 10.6 Å². The molecule has 1 heterocycles. The Morgan fingerprint density at radius 3 is 2.51 bits per heavy atom. The standard InChI is InChI=1S/C26H22ClN3O5/c1-16-8-6-7-11-21(16)28-23(31)15-35-24-17(12-18(27)14-22(24)34-2)13-20-25(32)29-30(26(20)33)19-9-4-3-5-10-19/h3-14H,15H2,1-2H3,(H,28,31)(H,29,32). The van der Waals surface area contributed by atoms with E-state index in [0.29, 0.717) is 22.0 Å². The van der Waals surface area contributed by atoms with Crippen LogP contribution in [0.4, 0.5) is 11.4 Å². The van der Waals surface area contributed by atoms with E-state index in [9.17, 15) is 14.4 Å². The summed E-state index contributed by atoms with van der Waals surface area (Å²) in [7, 11) is 1.42. The van der Waals surface area contributed by atoms with E-state index in [2.05, 4.69) is 10.7 Å². The number of ether oxygens (including phenoxy) is 2. The first-order chi connectivity index (χ1) is 16.9. The second kappa shape index (κ2) is 10.3. The van der Waals surface area contributed by atoms with Crippen molar-refractivity contribution in [2.24, 2.45) is 0 Å². The van der Waals surface area contributed by atoms with Crippen LogP contribution in [0.1, 0.15) is 11.1 Å². The molecule has 2 N–H and O–H groups in total. The molecule has 3 amide bonds. The molecule has 8 nitrogen and oxygen atoms in total. The lowest BCUT2D eigenvalue weighted by atomic mass is 10.1. The van der Waals surface area contributed by atoms with Crippen molar-refractivity contribution in [3.8, 4) is 11.5 Å². The number of hydrogen-bond acceptors (Lipinski definition) is 5. The van der Waals surface area contributed by atoms with Gasteiger partial charge in [0.05, 0.1) is 12.8 Å². The van der Waals surface area contributed by atoms with Crippen molar-refractivity contribution in [1.82, 2.24) is 5.43 Å². The molecule has 3 aromatic carbocycles. The van der Waals surface area contributed by atoms with E-state index in [1.54, 1.807) is 36.4 Å². The SMILES string of the molecule is COc1cc(Cl)cc(C=C2C(=O)NN(c3ccccc3)C2=O)c1OCC(=O)Nc1ccccc1C. The fourth-order valence-corrected chi connectivity index (χ4v) is 3.73. The smallest absolute Gasteiger partial charge is 0.282 e. The average molecular weight is 492 g/mol. The Labute approximate surface area is 207 Å². The van der Waals surface area contributed by atoms with E-state index >= 15 is 0 Å². The van der Waals surface area contributed by atoms with Gasteiger partial charge in [0.15, 0.2) is 18.1 Å². The number of hydrazine groups is 1. The van der Waals surface area contributed by atoms with Crippen LogP contribution in [0.2, 0.25) is 5.02 Å². The summed E-state index contributed by atoms with van der Waals surface area (Å²) in [6, 6.07) is 19.1. The number of para-hydroxylation sites is 2. The molecular weight excluding hydrogens is 470 g/mol. The van der Waals surface area contributed by atoms with Gasteiger partial charge < -0.3 is 14.8 Å². The molecule has 0 aromatic heterocycles. The lowest BCUT2D eigenvalue weighted by molar-refractivity contribution is -0.118. The third-order valence-corrected chi connectivity index (χ3v) is 5.46. The van der Waals surface area contributed by atoms with Crippen LogP contribution in [0.25, 0.3) is 6.08 Å². The van der Waals surface area contributed by atoms with E-state index in [4.69, 9.17) is 21.1 Å². The number of carbonyl (C=O) groups is 3. The zero-order chi connectivity index (χ0) is 24.9. The van der Waals surface area contributed by atoms with Crippen molar-refractivity contribution in [2.45, 2.75) is 6.92 Å². The molecule has 9 heteroatoms. The van der Waals surface area contributed by atoms with E-state index < -0.39 is 11.8 Å². The Morgan fingerprint density at radius 2 is 1.80 bits per heavy atom. The van der Waals surface area contributed by atoms with Crippen molar-refractivity contribution < 1.29 is 23.9 Å². The highest BCUT2D eigenvalue weighted by molar-refractivity contribution is 6.32. The summed E-state index contributed by atoms with van der Waals surface area (Å²) in [4.78, 5) is 38.1. The molecule has 35 heavy (non-hydrogen) atoms. The second-order valence-electron chi connectivity index (χ2n) is 7.65. The number of hydrogen-bond donors (Lipinski definition) is 2. The van der Waals surface area contributed by atoms with Gasteiger partial charge in [0, 0.05) is 22.3 Å². The molecular formula is C26H22ClN3O5. The maximum absolute atomic E-state index is 13.0. The maximum Gasteiger partial charge on any atom is 0.282 e. The summed E-state index contributed by atoms with van der Waals surface area (Å²) in [5.41, 5.74) is 4.83. The van der Waals surface area contributed by atoms with Crippen LogP contribution in [0.15, 0.2) is 72.3 Å². The van der Waals surface area contributed by atoms with E-state index in [-0.39, 0.29) is 29.6 Å². The number of aryl methyl sites for hydroxylation is 1. The van der Waals surface area contributed by atoms with Crippen LogP contribution in [0.5, 0.6) is 11.5 Å². The summed E-state index contributed by atoms with van der Waals surface area (Å²) >= 11 is 6.23. The van der Waals surface area contributed by atoms with Crippen LogP contribution in [-0.4, -0.2) is 31.4 Å². The van der Waals surface area contributed by atoms with E-state index in [1.165, 1.54) is 25.3 Å². The minimum Gasteiger partial charge on any atom is -0.493 e. The first kappa shape index (κ1) is 23.8. The number of carbonyl (C=O) groups excluding carboxylic acids is 3. The number of nitrogens with one attached hydrogen (secondary N) is 2. The van der Waals surface area contributed by atoms with Gasteiger partial charge in [0.1, 0.15) is 5.57 Å². The zero-order valence-corrected chi connectivity index (χ0v) is 19.8. The highest BCUT2D eigenvalue weighted by Gasteiger charge is 2.34. The molecule has 0 aliphatic carbocycles. The normalized spacial score (nSPS) is 14.1. The summed E-state index contributed by atoms with van der Waals surface area (Å²) in [5, 5.41) is 4.25. The van der Waals surface area contributed by atoms with Crippen molar-refractivity contribution in [1.29, 1.82) is 0 Å². The molecule has 0 unspecified atom stereocenters. The topological polar surface area (TPSA) is 97.0 Å². The van der Waals surface area contributed by atoms with Crippen molar-refractivity contribution >= 4 is 46.8 Å². The van der Waals surface area contributed by atoms with Gasteiger partial charge in [-0.1, -0.05) is 48.0 Å².